The van der Waals surface area contributed by atoms with Crippen molar-refractivity contribution in [3.05, 3.63) is 41.1 Å². The second-order valence-electron chi connectivity index (χ2n) is 3.19. The molecule has 88 valence electrons. The van der Waals surface area contributed by atoms with Gasteiger partial charge in [-0.05, 0) is 25.1 Å². The molecule has 0 aliphatic carbocycles. The van der Waals surface area contributed by atoms with Crippen LogP contribution in [0.15, 0.2) is 36.0 Å². The largest absolute Gasteiger partial charge is 0.390 e. The molecule has 0 unspecified atom stereocenters. The van der Waals surface area contributed by atoms with Crippen LogP contribution in [-0.2, 0) is 4.79 Å². The Hall–Kier alpha value is -1.99. The summed E-state index contributed by atoms with van der Waals surface area (Å²) in [5, 5.41) is 14.7. The number of anilines is 1. The van der Waals surface area contributed by atoms with E-state index in [9.17, 15) is 4.79 Å². The first-order valence-electron chi connectivity index (χ1n) is 5.08. The number of nitriles is 1. The van der Waals surface area contributed by atoms with Crippen molar-refractivity contribution in [3.63, 3.8) is 0 Å². The van der Waals surface area contributed by atoms with Crippen LogP contribution in [0.2, 0.25) is 5.02 Å². The number of carbonyl (C=O) groups is 1. The molecule has 0 radical (unpaired) electrons. The van der Waals surface area contributed by atoms with Crippen molar-refractivity contribution < 1.29 is 4.79 Å². The normalized spacial score (nSPS) is 10.5. The van der Waals surface area contributed by atoms with Gasteiger partial charge in [0, 0.05) is 23.5 Å². The summed E-state index contributed by atoms with van der Waals surface area (Å²) in [5.74, 6) is -0.462. The number of nitrogens with one attached hydrogen (secondary N) is 2. The number of nitrogens with zero attached hydrogens (tertiary/aromatic N) is 1. The molecule has 17 heavy (non-hydrogen) atoms. The molecule has 0 aliphatic heterocycles. The number of rotatable bonds is 4. The van der Waals surface area contributed by atoms with E-state index < -0.39 is 5.91 Å². The molecule has 0 spiro atoms. The number of benzene rings is 1. The van der Waals surface area contributed by atoms with E-state index >= 15 is 0 Å². The summed E-state index contributed by atoms with van der Waals surface area (Å²) in [5.41, 5.74) is 0.576. The molecule has 5 heteroatoms. The summed E-state index contributed by atoms with van der Waals surface area (Å²) in [7, 11) is 0. The Bertz CT molecular complexity index is 477. The molecule has 1 aromatic rings. The van der Waals surface area contributed by atoms with E-state index in [4.69, 9.17) is 16.9 Å². The molecule has 0 saturated carbocycles. The molecule has 0 heterocycles. The van der Waals surface area contributed by atoms with Crippen LogP contribution in [0.1, 0.15) is 6.92 Å². The minimum Gasteiger partial charge on any atom is -0.390 e. The lowest BCUT2D eigenvalue weighted by Gasteiger charge is -2.04. The standard InChI is InChI=1S/C12H12ClN3O/c1-2-15-8-9(7-14)12(17)16-11-5-3-4-10(13)6-11/h3-6,8,15H,2H2,1H3,(H,16,17)/b9-8-. The van der Waals surface area contributed by atoms with Crippen LogP contribution in [0.25, 0.3) is 0 Å². The lowest BCUT2D eigenvalue weighted by molar-refractivity contribution is -0.112. The van der Waals surface area contributed by atoms with Gasteiger partial charge in [0.15, 0.2) is 0 Å². The Morgan fingerprint density at radius 2 is 2.35 bits per heavy atom. The highest BCUT2D eigenvalue weighted by Crippen LogP contribution is 2.15. The highest BCUT2D eigenvalue weighted by molar-refractivity contribution is 6.31. The van der Waals surface area contributed by atoms with E-state index in [2.05, 4.69) is 10.6 Å². The molecule has 1 aromatic carbocycles. The van der Waals surface area contributed by atoms with Crippen LogP contribution >= 0.6 is 11.6 Å². The molecule has 0 aliphatic rings. The molecular formula is C12H12ClN3O. The van der Waals surface area contributed by atoms with Gasteiger partial charge in [0.25, 0.3) is 5.91 Å². The molecule has 4 nitrogen and oxygen atoms in total. The average molecular weight is 250 g/mol. The Morgan fingerprint density at radius 1 is 1.59 bits per heavy atom. The Balaban J connectivity index is 2.75. The van der Waals surface area contributed by atoms with Gasteiger partial charge in [-0.2, -0.15) is 5.26 Å². The fraction of sp³-hybridized carbons (Fsp3) is 0.167. The molecule has 1 rings (SSSR count). The van der Waals surface area contributed by atoms with Crippen LogP contribution in [0.5, 0.6) is 0 Å². The van der Waals surface area contributed by atoms with Crippen molar-refractivity contribution in [1.82, 2.24) is 5.32 Å². The lowest BCUT2D eigenvalue weighted by Crippen LogP contribution is -2.16. The van der Waals surface area contributed by atoms with Crippen LogP contribution < -0.4 is 10.6 Å². The van der Waals surface area contributed by atoms with E-state index in [-0.39, 0.29) is 5.57 Å². The van der Waals surface area contributed by atoms with Crippen molar-refractivity contribution >= 4 is 23.2 Å². The van der Waals surface area contributed by atoms with Crippen LogP contribution in [0, 0.1) is 11.3 Å². The summed E-state index contributed by atoms with van der Waals surface area (Å²) in [6.45, 7) is 2.52. The Morgan fingerprint density at radius 3 is 2.94 bits per heavy atom. The monoisotopic (exact) mass is 249 g/mol. The van der Waals surface area contributed by atoms with Gasteiger partial charge in [0.2, 0.25) is 0 Å². The quantitative estimate of drug-likeness (QED) is 0.636. The van der Waals surface area contributed by atoms with Crippen molar-refractivity contribution in [3.8, 4) is 6.07 Å². The number of hydrogen-bond acceptors (Lipinski definition) is 3. The smallest absolute Gasteiger partial charge is 0.267 e. The number of hydrogen-bond donors (Lipinski definition) is 2. The molecule has 0 atom stereocenters. The third-order valence-corrected chi connectivity index (χ3v) is 2.13. The Labute approximate surface area is 105 Å². The second-order valence-corrected chi connectivity index (χ2v) is 3.63. The van der Waals surface area contributed by atoms with Gasteiger partial charge in [-0.1, -0.05) is 17.7 Å². The zero-order chi connectivity index (χ0) is 12.7. The zero-order valence-electron chi connectivity index (χ0n) is 9.33. The minimum atomic E-state index is -0.462. The summed E-state index contributed by atoms with van der Waals surface area (Å²) in [6, 6.07) is 8.56. The van der Waals surface area contributed by atoms with Crippen molar-refractivity contribution in [2.45, 2.75) is 6.92 Å². The fourth-order valence-electron chi connectivity index (χ4n) is 1.12. The van der Waals surface area contributed by atoms with Crippen LogP contribution in [-0.4, -0.2) is 12.5 Å². The fourth-order valence-corrected chi connectivity index (χ4v) is 1.31. The SMILES string of the molecule is CCN/C=C(/C#N)C(=O)Nc1cccc(Cl)c1. The van der Waals surface area contributed by atoms with Gasteiger partial charge in [-0.25, -0.2) is 0 Å². The number of amides is 1. The second kappa shape index (κ2) is 6.56. The first kappa shape index (κ1) is 13.1. The van der Waals surface area contributed by atoms with Gasteiger partial charge >= 0.3 is 0 Å². The highest BCUT2D eigenvalue weighted by atomic mass is 35.5. The first-order valence-corrected chi connectivity index (χ1v) is 5.45. The van der Waals surface area contributed by atoms with E-state index in [0.717, 1.165) is 0 Å². The highest BCUT2D eigenvalue weighted by Gasteiger charge is 2.08. The van der Waals surface area contributed by atoms with Gasteiger partial charge in [-0.3, -0.25) is 4.79 Å². The maximum absolute atomic E-state index is 11.7. The maximum Gasteiger partial charge on any atom is 0.267 e. The third-order valence-electron chi connectivity index (χ3n) is 1.90. The van der Waals surface area contributed by atoms with E-state index in [1.807, 2.05) is 13.0 Å². The van der Waals surface area contributed by atoms with Crippen LogP contribution in [0.3, 0.4) is 0 Å². The predicted octanol–water partition coefficient (Wildman–Crippen LogP) is 2.30. The van der Waals surface area contributed by atoms with E-state index in [1.165, 1.54) is 6.20 Å². The minimum absolute atomic E-state index is 0.0202. The third kappa shape index (κ3) is 4.17. The molecule has 2 N–H and O–H groups in total. The van der Waals surface area contributed by atoms with Gasteiger partial charge < -0.3 is 10.6 Å². The summed E-state index contributed by atoms with van der Waals surface area (Å²) < 4.78 is 0. The molecule has 1 amide bonds. The maximum atomic E-state index is 11.7. The molecule has 0 fully saturated rings. The summed E-state index contributed by atoms with van der Waals surface area (Å²) >= 11 is 5.78. The first-order chi connectivity index (χ1) is 8.17. The van der Waals surface area contributed by atoms with Gasteiger partial charge in [0.05, 0.1) is 0 Å². The number of halogens is 1. The summed E-state index contributed by atoms with van der Waals surface area (Å²) in [6.07, 6.45) is 1.39. The molecule has 0 aromatic heterocycles. The van der Waals surface area contributed by atoms with Crippen molar-refractivity contribution in [1.29, 1.82) is 5.26 Å². The lowest BCUT2D eigenvalue weighted by atomic mass is 10.2. The van der Waals surface area contributed by atoms with Gasteiger partial charge in [-0.15, -0.1) is 0 Å². The van der Waals surface area contributed by atoms with E-state index in [0.29, 0.717) is 17.3 Å². The molecule has 0 bridgehead atoms. The molecule has 0 saturated heterocycles. The number of carbonyl (C=O) groups excluding carboxylic acids is 1. The Kier molecular flexibility index (Phi) is 5.05. The van der Waals surface area contributed by atoms with Gasteiger partial charge in [0.1, 0.15) is 11.6 Å². The zero-order valence-corrected chi connectivity index (χ0v) is 10.1. The van der Waals surface area contributed by atoms with E-state index in [1.54, 1.807) is 24.3 Å². The summed E-state index contributed by atoms with van der Waals surface area (Å²) in [4.78, 5) is 11.7. The topological polar surface area (TPSA) is 64.9 Å². The molecular weight excluding hydrogens is 238 g/mol. The van der Waals surface area contributed by atoms with Crippen molar-refractivity contribution in [2.75, 3.05) is 11.9 Å². The average Bonchev–Trinajstić information content (AvgIpc) is 2.30. The van der Waals surface area contributed by atoms with Crippen LogP contribution in [0.4, 0.5) is 5.69 Å². The van der Waals surface area contributed by atoms with Crippen molar-refractivity contribution in [2.24, 2.45) is 0 Å². The predicted molar refractivity (Wildman–Crippen MR) is 67.5 cm³/mol.